The highest BCUT2D eigenvalue weighted by Gasteiger charge is 1.97. The Labute approximate surface area is 104 Å². The van der Waals surface area contributed by atoms with Gasteiger partial charge in [-0.2, -0.15) is 0 Å². The van der Waals surface area contributed by atoms with E-state index in [1.54, 1.807) is 0 Å². The van der Waals surface area contributed by atoms with Gasteiger partial charge in [-0.15, -0.1) is 0 Å². The maximum Gasteiger partial charge on any atom is 0.328 e. The molecule has 5 nitrogen and oxygen atoms in total. The van der Waals surface area contributed by atoms with Gasteiger partial charge in [-0.1, -0.05) is 18.2 Å². The number of hydrogen-bond acceptors (Lipinski definition) is 3. The Morgan fingerprint density at radius 2 is 1.89 bits per heavy atom. The molecule has 0 aliphatic carbocycles. The molecule has 2 aromatic rings. The van der Waals surface area contributed by atoms with E-state index in [0.717, 1.165) is 5.75 Å². The molecule has 2 rings (SSSR count). The number of benzene rings is 1. The van der Waals surface area contributed by atoms with Crippen LogP contribution in [0.15, 0.2) is 52.2 Å². The van der Waals surface area contributed by atoms with Gasteiger partial charge in [0.1, 0.15) is 5.75 Å². The van der Waals surface area contributed by atoms with Crippen LogP contribution in [-0.2, 0) is 6.54 Å². The summed E-state index contributed by atoms with van der Waals surface area (Å²) in [5.41, 5.74) is -0.765. The first-order valence-corrected chi connectivity index (χ1v) is 5.73. The minimum Gasteiger partial charge on any atom is -0.494 e. The maximum absolute atomic E-state index is 11.4. The fraction of sp³-hybridized carbons (Fsp3) is 0.231. The van der Waals surface area contributed by atoms with Crippen molar-refractivity contribution >= 4 is 0 Å². The van der Waals surface area contributed by atoms with E-state index in [9.17, 15) is 9.59 Å². The van der Waals surface area contributed by atoms with Gasteiger partial charge in [0.2, 0.25) is 0 Å². The first kappa shape index (κ1) is 12.2. The van der Waals surface area contributed by atoms with Crippen molar-refractivity contribution in [1.82, 2.24) is 9.55 Å². The average Bonchev–Trinajstić information content (AvgIpc) is 2.38. The van der Waals surface area contributed by atoms with Gasteiger partial charge in [0.15, 0.2) is 0 Å². The van der Waals surface area contributed by atoms with Gasteiger partial charge >= 0.3 is 5.69 Å². The number of rotatable bonds is 5. The molecule has 18 heavy (non-hydrogen) atoms. The molecule has 0 aliphatic rings. The Morgan fingerprint density at radius 1 is 1.11 bits per heavy atom. The predicted molar refractivity (Wildman–Crippen MR) is 67.9 cm³/mol. The van der Waals surface area contributed by atoms with Gasteiger partial charge in [-0.05, 0) is 18.6 Å². The van der Waals surface area contributed by atoms with Gasteiger partial charge in [-0.25, -0.2) is 4.79 Å². The molecule has 1 heterocycles. The lowest BCUT2D eigenvalue weighted by molar-refractivity contribution is 0.300. The van der Waals surface area contributed by atoms with Crippen LogP contribution in [0.5, 0.6) is 5.75 Å². The standard InChI is InChI=1S/C13H14N2O3/c16-12-7-9-15(13(17)14-12)8-4-10-18-11-5-2-1-3-6-11/h1-3,5-7,9H,4,8,10H2,(H,14,16,17). The molecule has 0 aliphatic heterocycles. The van der Waals surface area contributed by atoms with Gasteiger partial charge in [0.25, 0.3) is 5.56 Å². The Hall–Kier alpha value is -2.30. The van der Waals surface area contributed by atoms with Crippen LogP contribution >= 0.6 is 0 Å². The van der Waals surface area contributed by atoms with Crippen molar-refractivity contribution in [3.05, 3.63) is 63.4 Å². The molecule has 0 radical (unpaired) electrons. The van der Waals surface area contributed by atoms with Crippen molar-refractivity contribution < 1.29 is 4.74 Å². The molecule has 0 amide bonds. The summed E-state index contributed by atoms with van der Waals surface area (Å²) in [7, 11) is 0. The molecule has 1 N–H and O–H groups in total. The number of nitrogens with zero attached hydrogens (tertiary/aromatic N) is 1. The van der Waals surface area contributed by atoms with E-state index in [1.807, 2.05) is 30.3 Å². The quantitative estimate of drug-likeness (QED) is 0.801. The summed E-state index contributed by atoms with van der Waals surface area (Å²) in [6.45, 7) is 1.04. The van der Waals surface area contributed by atoms with Gasteiger partial charge < -0.3 is 9.30 Å². The van der Waals surface area contributed by atoms with Gasteiger partial charge in [-0.3, -0.25) is 9.78 Å². The van der Waals surface area contributed by atoms with Crippen molar-refractivity contribution in [2.24, 2.45) is 0 Å². The highest BCUT2D eigenvalue weighted by molar-refractivity contribution is 5.20. The zero-order chi connectivity index (χ0) is 12.8. The van der Waals surface area contributed by atoms with Crippen molar-refractivity contribution in [1.29, 1.82) is 0 Å². The first-order chi connectivity index (χ1) is 8.75. The van der Waals surface area contributed by atoms with Crippen LogP contribution in [0.4, 0.5) is 0 Å². The summed E-state index contributed by atoms with van der Waals surface area (Å²) < 4.78 is 6.96. The highest BCUT2D eigenvalue weighted by Crippen LogP contribution is 2.08. The summed E-state index contributed by atoms with van der Waals surface area (Å²) in [6.07, 6.45) is 2.19. The molecule has 0 bridgehead atoms. The molecule has 1 aromatic carbocycles. The number of aromatic nitrogens is 2. The minimum atomic E-state index is -0.387. The second-order valence-corrected chi connectivity index (χ2v) is 3.82. The van der Waals surface area contributed by atoms with Crippen LogP contribution in [0.2, 0.25) is 0 Å². The molecular weight excluding hydrogens is 232 g/mol. The zero-order valence-electron chi connectivity index (χ0n) is 9.83. The van der Waals surface area contributed by atoms with E-state index in [1.165, 1.54) is 16.8 Å². The van der Waals surface area contributed by atoms with Crippen LogP contribution in [0, 0.1) is 0 Å². The number of ether oxygens (including phenoxy) is 1. The molecule has 0 atom stereocenters. The Kier molecular flexibility index (Phi) is 3.96. The summed E-state index contributed by atoms with van der Waals surface area (Å²) >= 11 is 0. The molecule has 5 heteroatoms. The Bertz CT molecular complexity index is 601. The molecule has 0 fully saturated rings. The van der Waals surface area contributed by atoms with E-state index in [0.29, 0.717) is 19.6 Å². The predicted octanol–water partition coefficient (Wildman–Crippen LogP) is 1.01. The van der Waals surface area contributed by atoms with Crippen LogP contribution in [-0.4, -0.2) is 16.2 Å². The molecular formula is C13H14N2O3. The van der Waals surface area contributed by atoms with E-state index in [-0.39, 0.29) is 11.2 Å². The summed E-state index contributed by atoms with van der Waals surface area (Å²) in [5.74, 6) is 0.811. The normalized spacial score (nSPS) is 10.2. The Morgan fingerprint density at radius 3 is 2.61 bits per heavy atom. The second-order valence-electron chi connectivity index (χ2n) is 3.82. The van der Waals surface area contributed by atoms with E-state index < -0.39 is 0 Å². The lowest BCUT2D eigenvalue weighted by atomic mass is 10.3. The van der Waals surface area contributed by atoms with Crippen LogP contribution in [0.3, 0.4) is 0 Å². The lowest BCUT2D eigenvalue weighted by Gasteiger charge is -2.06. The van der Waals surface area contributed by atoms with E-state index in [2.05, 4.69) is 4.98 Å². The maximum atomic E-state index is 11.4. The third-order valence-corrected chi connectivity index (χ3v) is 2.45. The topological polar surface area (TPSA) is 64.1 Å². The summed E-state index contributed by atoms with van der Waals surface area (Å²) in [6, 6.07) is 10.8. The molecule has 0 spiro atoms. The zero-order valence-corrected chi connectivity index (χ0v) is 9.83. The largest absolute Gasteiger partial charge is 0.494 e. The number of aryl methyl sites for hydroxylation is 1. The molecule has 94 valence electrons. The number of nitrogens with one attached hydrogen (secondary N) is 1. The Balaban J connectivity index is 1.82. The number of para-hydroxylation sites is 1. The SMILES string of the molecule is O=c1ccn(CCCOc2ccccc2)c(=O)[nH]1. The smallest absolute Gasteiger partial charge is 0.328 e. The van der Waals surface area contributed by atoms with Crippen LogP contribution < -0.4 is 16.0 Å². The third kappa shape index (κ3) is 3.35. The van der Waals surface area contributed by atoms with Crippen molar-refractivity contribution in [2.75, 3.05) is 6.61 Å². The minimum absolute atomic E-state index is 0.378. The number of aromatic amines is 1. The second kappa shape index (κ2) is 5.86. The lowest BCUT2D eigenvalue weighted by Crippen LogP contribution is -2.29. The molecule has 1 aromatic heterocycles. The van der Waals surface area contributed by atoms with Crippen molar-refractivity contribution in [3.8, 4) is 5.75 Å². The fourth-order valence-electron chi connectivity index (χ4n) is 1.56. The summed E-state index contributed by atoms with van der Waals surface area (Å²) in [5, 5.41) is 0. The van der Waals surface area contributed by atoms with Crippen LogP contribution in [0.1, 0.15) is 6.42 Å². The number of H-pyrrole nitrogens is 1. The third-order valence-electron chi connectivity index (χ3n) is 2.45. The number of hydrogen-bond donors (Lipinski definition) is 1. The molecule has 0 unspecified atom stereocenters. The fourth-order valence-corrected chi connectivity index (χ4v) is 1.56. The summed E-state index contributed by atoms with van der Waals surface area (Å²) in [4.78, 5) is 24.4. The van der Waals surface area contributed by atoms with Crippen LogP contribution in [0.25, 0.3) is 0 Å². The molecule has 0 saturated carbocycles. The molecule has 0 saturated heterocycles. The monoisotopic (exact) mass is 246 g/mol. The first-order valence-electron chi connectivity index (χ1n) is 5.73. The van der Waals surface area contributed by atoms with Crippen molar-refractivity contribution in [2.45, 2.75) is 13.0 Å². The van der Waals surface area contributed by atoms with Crippen molar-refractivity contribution in [3.63, 3.8) is 0 Å². The van der Waals surface area contributed by atoms with Gasteiger partial charge in [0.05, 0.1) is 6.61 Å². The average molecular weight is 246 g/mol. The van der Waals surface area contributed by atoms with Gasteiger partial charge in [0, 0.05) is 18.8 Å². The highest BCUT2D eigenvalue weighted by atomic mass is 16.5. The van der Waals surface area contributed by atoms with E-state index in [4.69, 9.17) is 4.74 Å². The van der Waals surface area contributed by atoms with E-state index >= 15 is 0 Å².